The highest BCUT2D eigenvalue weighted by atomic mass is 79.9. The SMILES string of the molecule is COc1cc([C@@H]2N(Cc3ccccc3)c3ccccc3C(=O)N2c2ccccc2)cc(Br)c1OCc1ccc(Cl)cc1Cl. The number of nitrogens with zero attached hydrogens (tertiary/aromatic N) is 2. The molecule has 1 aliphatic heterocycles. The Morgan fingerprint density at radius 2 is 1.53 bits per heavy atom. The number of carbonyl (C=O) groups is 1. The molecule has 0 bridgehead atoms. The van der Waals surface area contributed by atoms with Gasteiger partial charge in [-0.3, -0.25) is 9.69 Å². The lowest BCUT2D eigenvalue weighted by Crippen LogP contribution is -2.49. The topological polar surface area (TPSA) is 42.0 Å². The number of hydrogen-bond acceptors (Lipinski definition) is 4. The summed E-state index contributed by atoms with van der Waals surface area (Å²) >= 11 is 16.2. The minimum absolute atomic E-state index is 0.0797. The van der Waals surface area contributed by atoms with E-state index in [1.165, 1.54) is 0 Å². The van der Waals surface area contributed by atoms with Gasteiger partial charge in [-0.05, 0) is 70.0 Å². The van der Waals surface area contributed by atoms with Crippen LogP contribution in [0, 0.1) is 0 Å². The van der Waals surface area contributed by atoms with Crippen molar-refractivity contribution >= 4 is 56.4 Å². The molecule has 6 rings (SSSR count). The first kappa shape index (κ1) is 29.1. The van der Waals surface area contributed by atoms with Crippen molar-refractivity contribution in [2.24, 2.45) is 0 Å². The van der Waals surface area contributed by atoms with Gasteiger partial charge in [-0.25, -0.2) is 0 Å². The minimum atomic E-state index is -0.491. The van der Waals surface area contributed by atoms with Crippen LogP contribution in [0.1, 0.15) is 33.2 Å². The van der Waals surface area contributed by atoms with Gasteiger partial charge in [-0.1, -0.05) is 89.9 Å². The van der Waals surface area contributed by atoms with Crippen LogP contribution in [0.25, 0.3) is 0 Å². The van der Waals surface area contributed by atoms with Crippen molar-refractivity contribution in [1.29, 1.82) is 0 Å². The number of methoxy groups -OCH3 is 1. The predicted molar refractivity (Wildman–Crippen MR) is 177 cm³/mol. The zero-order valence-electron chi connectivity index (χ0n) is 23.2. The molecular weight excluding hydrogens is 647 g/mol. The Bertz CT molecular complexity index is 1770. The maximum atomic E-state index is 14.2. The zero-order chi connectivity index (χ0) is 29.9. The van der Waals surface area contributed by atoms with Crippen molar-refractivity contribution < 1.29 is 14.3 Å². The molecule has 0 N–H and O–H groups in total. The van der Waals surface area contributed by atoms with E-state index in [0.29, 0.717) is 38.1 Å². The number of ether oxygens (including phenoxy) is 2. The number of amides is 1. The first-order valence-electron chi connectivity index (χ1n) is 13.7. The van der Waals surface area contributed by atoms with Crippen LogP contribution in [0.5, 0.6) is 11.5 Å². The number of benzene rings is 5. The average molecular weight is 674 g/mol. The van der Waals surface area contributed by atoms with Gasteiger partial charge in [0, 0.05) is 33.4 Å². The Hall–Kier alpha value is -3.97. The fourth-order valence-corrected chi connectivity index (χ4v) is 6.40. The molecule has 1 atom stereocenters. The summed E-state index contributed by atoms with van der Waals surface area (Å²) in [6.45, 7) is 0.794. The summed E-state index contributed by atoms with van der Waals surface area (Å²) in [5.74, 6) is 0.970. The Labute approximate surface area is 269 Å². The molecule has 0 saturated heterocycles. The van der Waals surface area contributed by atoms with Crippen LogP contribution in [0.3, 0.4) is 0 Å². The highest BCUT2D eigenvalue weighted by Gasteiger charge is 2.40. The molecule has 8 heteroatoms. The van der Waals surface area contributed by atoms with Crippen LogP contribution in [0.2, 0.25) is 10.0 Å². The van der Waals surface area contributed by atoms with Crippen LogP contribution in [0.15, 0.2) is 120 Å². The van der Waals surface area contributed by atoms with Gasteiger partial charge in [0.25, 0.3) is 5.91 Å². The van der Waals surface area contributed by atoms with Crippen LogP contribution in [0.4, 0.5) is 11.4 Å². The Morgan fingerprint density at radius 1 is 0.837 bits per heavy atom. The van der Waals surface area contributed by atoms with Crippen LogP contribution in [-0.2, 0) is 13.2 Å². The summed E-state index contributed by atoms with van der Waals surface area (Å²) in [5, 5.41) is 1.08. The number of fused-ring (bicyclic) bond motifs is 1. The summed E-state index contributed by atoms with van der Waals surface area (Å²) in [7, 11) is 1.60. The lowest BCUT2D eigenvalue weighted by atomic mass is 9.98. The van der Waals surface area contributed by atoms with E-state index in [4.69, 9.17) is 32.7 Å². The number of halogens is 3. The average Bonchev–Trinajstić information content (AvgIpc) is 3.03. The van der Waals surface area contributed by atoms with E-state index in [9.17, 15) is 4.79 Å². The third-order valence-corrected chi connectivity index (χ3v) is 8.55. The maximum absolute atomic E-state index is 14.2. The van der Waals surface area contributed by atoms with Crippen molar-refractivity contribution in [3.8, 4) is 11.5 Å². The van der Waals surface area contributed by atoms with Crippen LogP contribution >= 0.6 is 39.1 Å². The van der Waals surface area contributed by atoms with E-state index in [1.807, 2.05) is 95.9 Å². The van der Waals surface area contributed by atoms with Crippen molar-refractivity contribution in [1.82, 2.24) is 0 Å². The molecule has 5 aromatic carbocycles. The van der Waals surface area contributed by atoms with Crippen molar-refractivity contribution in [3.63, 3.8) is 0 Å². The second-order valence-electron chi connectivity index (χ2n) is 10.1. The molecule has 0 aromatic heterocycles. The third-order valence-electron chi connectivity index (χ3n) is 7.37. The molecule has 0 fully saturated rings. The summed E-state index contributed by atoms with van der Waals surface area (Å²) in [4.78, 5) is 18.3. The third kappa shape index (κ3) is 5.96. The zero-order valence-corrected chi connectivity index (χ0v) is 26.3. The number of hydrogen-bond donors (Lipinski definition) is 0. The van der Waals surface area contributed by atoms with E-state index in [1.54, 1.807) is 19.2 Å². The molecule has 0 spiro atoms. The molecule has 0 saturated carbocycles. The summed E-state index contributed by atoms with van der Waals surface area (Å²) < 4.78 is 12.8. The smallest absolute Gasteiger partial charge is 0.262 e. The van der Waals surface area contributed by atoms with Gasteiger partial charge in [-0.15, -0.1) is 0 Å². The second-order valence-corrected chi connectivity index (χ2v) is 11.8. The highest BCUT2D eigenvalue weighted by molar-refractivity contribution is 9.10. The number of carbonyl (C=O) groups excluding carboxylic acids is 1. The molecule has 43 heavy (non-hydrogen) atoms. The molecule has 5 aromatic rings. The van der Waals surface area contributed by atoms with E-state index >= 15 is 0 Å². The molecule has 0 unspecified atom stereocenters. The molecule has 1 amide bonds. The van der Waals surface area contributed by atoms with Gasteiger partial charge in [0.15, 0.2) is 11.5 Å². The minimum Gasteiger partial charge on any atom is -0.493 e. The predicted octanol–water partition coefficient (Wildman–Crippen LogP) is 9.71. The standard InChI is InChI=1S/C35H27BrCl2N2O3/c1-42-32-19-25(18-29(36)33(32)43-22-24-16-17-26(37)20-30(24)38)34-39(21-23-10-4-2-5-11-23)31-15-9-8-14-28(31)35(41)40(34)27-12-6-3-7-13-27/h2-20,34H,21-22H2,1H3/t34-/m1/s1. The van der Waals surface area contributed by atoms with Gasteiger partial charge in [0.2, 0.25) is 0 Å². The van der Waals surface area contributed by atoms with Crippen molar-refractivity contribution in [2.45, 2.75) is 19.3 Å². The Morgan fingerprint density at radius 3 is 2.26 bits per heavy atom. The van der Waals surface area contributed by atoms with Gasteiger partial charge in [0.1, 0.15) is 12.8 Å². The normalized spacial score (nSPS) is 14.4. The second kappa shape index (κ2) is 12.7. The first-order chi connectivity index (χ1) is 20.9. The van der Waals surface area contributed by atoms with E-state index < -0.39 is 6.17 Å². The van der Waals surface area contributed by atoms with Crippen LogP contribution in [-0.4, -0.2) is 13.0 Å². The first-order valence-corrected chi connectivity index (χ1v) is 15.2. The number of rotatable bonds is 8. The molecule has 1 aliphatic rings. The van der Waals surface area contributed by atoms with Crippen molar-refractivity contribution in [3.05, 3.63) is 152 Å². The summed E-state index contributed by atoms with van der Waals surface area (Å²) in [6, 6.07) is 37.0. The van der Waals surface area contributed by atoms with E-state index in [-0.39, 0.29) is 12.5 Å². The molecular formula is C35H27BrCl2N2O3. The van der Waals surface area contributed by atoms with E-state index in [0.717, 1.165) is 28.1 Å². The number of anilines is 2. The molecule has 216 valence electrons. The largest absolute Gasteiger partial charge is 0.493 e. The fourth-order valence-electron chi connectivity index (χ4n) is 5.36. The highest BCUT2D eigenvalue weighted by Crippen LogP contribution is 2.46. The quantitative estimate of drug-likeness (QED) is 0.164. The van der Waals surface area contributed by atoms with E-state index in [2.05, 4.69) is 33.0 Å². The number of para-hydroxylation sites is 2. The monoisotopic (exact) mass is 672 g/mol. The fraction of sp³-hybridized carbons (Fsp3) is 0.114. The maximum Gasteiger partial charge on any atom is 0.262 e. The van der Waals surface area contributed by atoms with Gasteiger partial charge < -0.3 is 14.4 Å². The molecule has 1 heterocycles. The molecule has 0 aliphatic carbocycles. The van der Waals surface area contributed by atoms with Crippen LogP contribution < -0.4 is 19.3 Å². The Kier molecular flexibility index (Phi) is 8.61. The summed E-state index contributed by atoms with van der Waals surface area (Å²) in [6.07, 6.45) is -0.491. The van der Waals surface area contributed by atoms with Gasteiger partial charge in [0.05, 0.1) is 22.8 Å². The lowest BCUT2D eigenvalue weighted by molar-refractivity contribution is 0.0968. The Balaban J connectivity index is 1.47. The lowest BCUT2D eigenvalue weighted by Gasteiger charge is -2.46. The van der Waals surface area contributed by atoms with Gasteiger partial charge >= 0.3 is 0 Å². The summed E-state index contributed by atoms with van der Waals surface area (Å²) in [5.41, 5.74) is 5.06. The molecule has 0 radical (unpaired) electrons. The van der Waals surface area contributed by atoms with Crippen molar-refractivity contribution in [2.75, 3.05) is 16.9 Å². The molecule has 5 nitrogen and oxygen atoms in total. The van der Waals surface area contributed by atoms with Gasteiger partial charge in [-0.2, -0.15) is 0 Å².